The summed E-state index contributed by atoms with van der Waals surface area (Å²) in [6.07, 6.45) is -0.120. The van der Waals surface area contributed by atoms with Crippen LogP contribution >= 0.6 is 0 Å². The number of aryl methyl sites for hydroxylation is 1. The zero-order chi connectivity index (χ0) is 18.4. The fourth-order valence-corrected chi connectivity index (χ4v) is 3.55. The van der Waals surface area contributed by atoms with Crippen molar-refractivity contribution in [3.63, 3.8) is 0 Å². The molecule has 0 saturated carbocycles. The Balaban J connectivity index is 2.08. The summed E-state index contributed by atoms with van der Waals surface area (Å²) < 4.78 is 6.89. The lowest BCUT2D eigenvalue weighted by Gasteiger charge is -2.26. The van der Waals surface area contributed by atoms with Crippen molar-refractivity contribution in [1.29, 1.82) is 0 Å². The second kappa shape index (κ2) is 5.80. The zero-order valence-corrected chi connectivity index (χ0v) is 13.8. The van der Waals surface area contributed by atoms with Crippen LogP contribution in [0, 0.1) is 10.1 Å². The molecular weight excluding hydrogens is 336 g/mol. The number of ether oxygens (including phenoxy) is 1. The molecule has 130 valence electrons. The predicted molar refractivity (Wildman–Crippen MR) is 94.4 cm³/mol. The predicted octanol–water partition coefficient (Wildman–Crippen LogP) is 2.89. The van der Waals surface area contributed by atoms with Crippen LogP contribution in [-0.2, 0) is 11.8 Å². The minimum Gasteiger partial charge on any atom is -0.425 e. The molecule has 1 atom stereocenters. The standard InChI is InChI=1S/C19H14N2O5/c1-20-14-8-4-3-7-12(14)18-17(19(20)23)13(10-16(22)26-18)11-6-2-5-9-15(11)21(24)25/h2-9,13H,10H2,1H3. The molecule has 1 aromatic heterocycles. The summed E-state index contributed by atoms with van der Waals surface area (Å²) in [6.45, 7) is 0. The summed E-state index contributed by atoms with van der Waals surface area (Å²) in [6, 6.07) is 13.3. The van der Waals surface area contributed by atoms with Gasteiger partial charge in [0.1, 0.15) is 5.75 Å². The number of aromatic nitrogens is 1. The highest BCUT2D eigenvalue weighted by Gasteiger charge is 2.36. The molecule has 3 aromatic rings. The van der Waals surface area contributed by atoms with Crippen molar-refractivity contribution >= 4 is 22.6 Å². The Hall–Kier alpha value is -3.48. The van der Waals surface area contributed by atoms with E-state index in [4.69, 9.17) is 4.74 Å². The molecule has 26 heavy (non-hydrogen) atoms. The number of carbonyl (C=O) groups is 1. The Morgan fingerprint density at radius 1 is 1.12 bits per heavy atom. The molecule has 1 unspecified atom stereocenters. The molecule has 0 spiro atoms. The monoisotopic (exact) mass is 350 g/mol. The van der Waals surface area contributed by atoms with Gasteiger partial charge in [-0.15, -0.1) is 0 Å². The number of nitro groups is 1. The van der Waals surface area contributed by atoms with Gasteiger partial charge in [0.25, 0.3) is 11.2 Å². The molecule has 0 amide bonds. The Morgan fingerprint density at radius 3 is 2.58 bits per heavy atom. The lowest BCUT2D eigenvalue weighted by molar-refractivity contribution is -0.385. The Morgan fingerprint density at radius 2 is 1.81 bits per heavy atom. The molecular formula is C19H14N2O5. The first kappa shape index (κ1) is 16.0. The van der Waals surface area contributed by atoms with E-state index < -0.39 is 16.8 Å². The number of esters is 1. The van der Waals surface area contributed by atoms with Crippen molar-refractivity contribution in [1.82, 2.24) is 4.57 Å². The summed E-state index contributed by atoms with van der Waals surface area (Å²) in [5.74, 6) is -1.04. The van der Waals surface area contributed by atoms with Gasteiger partial charge in [-0.1, -0.05) is 30.3 Å². The first-order valence-corrected chi connectivity index (χ1v) is 8.04. The van der Waals surface area contributed by atoms with Gasteiger partial charge in [0.05, 0.1) is 22.4 Å². The number of carbonyl (C=O) groups excluding carboxylic acids is 1. The van der Waals surface area contributed by atoms with Crippen molar-refractivity contribution in [2.45, 2.75) is 12.3 Å². The van der Waals surface area contributed by atoms with Crippen LogP contribution < -0.4 is 10.3 Å². The molecule has 4 rings (SSSR count). The van der Waals surface area contributed by atoms with Crippen molar-refractivity contribution in [3.8, 4) is 5.75 Å². The Labute approximate surface area is 147 Å². The molecule has 2 aromatic carbocycles. The molecule has 7 nitrogen and oxygen atoms in total. The van der Waals surface area contributed by atoms with E-state index in [1.807, 2.05) is 0 Å². The van der Waals surface area contributed by atoms with Crippen LogP contribution in [0.3, 0.4) is 0 Å². The number of hydrogen-bond donors (Lipinski definition) is 0. The van der Waals surface area contributed by atoms with E-state index in [0.717, 1.165) is 0 Å². The second-order valence-electron chi connectivity index (χ2n) is 6.17. The van der Waals surface area contributed by atoms with Gasteiger partial charge >= 0.3 is 5.97 Å². The smallest absolute Gasteiger partial charge is 0.312 e. The van der Waals surface area contributed by atoms with Gasteiger partial charge < -0.3 is 9.30 Å². The fourth-order valence-electron chi connectivity index (χ4n) is 3.55. The number of nitro benzene ring substituents is 1. The van der Waals surface area contributed by atoms with E-state index >= 15 is 0 Å². The van der Waals surface area contributed by atoms with Crippen LogP contribution in [0.15, 0.2) is 53.3 Å². The quantitative estimate of drug-likeness (QED) is 0.403. The highest BCUT2D eigenvalue weighted by Crippen LogP contribution is 2.42. The largest absolute Gasteiger partial charge is 0.425 e. The van der Waals surface area contributed by atoms with E-state index in [2.05, 4.69) is 0 Å². The van der Waals surface area contributed by atoms with Gasteiger partial charge in [-0.2, -0.15) is 0 Å². The topological polar surface area (TPSA) is 91.4 Å². The molecule has 1 aliphatic rings. The van der Waals surface area contributed by atoms with E-state index in [9.17, 15) is 19.7 Å². The van der Waals surface area contributed by atoms with Crippen LogP contribution in [0.1, 0.15) is 23.5 Å². The number of pyridine rings is 1. The molecule has 0 N–H and O–H groups in total. The lowest BCUT2D eigenvalue weighted by atomic mass is 9.85. The van der Waals surface area contributed by atoms with Gasteiger partial charge in [0, 0.05) is 30.0 Å². The van der Waals surface area contributed by atoms with Crippen LogP contribution in [0.4, 0.5) is 5.69 Å². The number of hydrogen-bond acceptors (Lipinski definition) is 5. The number of fused-ring (bicyclic) bond motifs is 3. The SMILES string of the molecule is Cn1c(=O)c2c(c3ccccc31)OC(=O)CC2c1ccccc1[N+](=O)[O-]. The highest BCUT2D eigenvalue weighted by molar-refractivity contribution is 5.91. The summed E-state index contributed by atoms with van der Waals surface area (Å²) in [5, 5.41) is 12.1. The van der Waals surface area contributed by atoms with Crippen molar-refractivity contribution in [2.24, 2.45) is 7.05 Å². The summed E-state index contributed by atoms with van der Waals surface area (Å²) in [5.41, 5.74) is 0.804. The molecule has 2 heterocycles. The van der Waals surface area contributed by atoms with E-state index in [-0.39, 0.29) is 29.0 Å². The minimum absolute atomic E-state index is 0.117. The summed E-state index contributed by atoms with van der Waals surface area (Å²) in [7, 11) is 1.64. The lowest BCUT2D eigenvalue weighted by Crippen LogP contribution is -2.31. The van der Waals surface area contributed by atoms with E-state index in [1.165, 1.54) is 10.6 Å². The minimum atomic E-state index is -0.726. The maximum absolute atomic E-state index is 13.0. The van der Waals surface area contributed by atoms with Gasteiger partial charge in [-0.3, -0.25) is 19.7 Å². The van der Waals surface area contributed by atoms with Gasteiger partial charge in [0.2, 0.25) is 0 Å². The zero-order valence-electron chi connectivity index (χ0n) is 13.8. The number of benzene rings is 2. The van der Waals surface area contributed by atoms with Gasteiger partial charge in [-0.25, -0.2) is 0 Å². The maximum Gasteiger partial charge on any atom is 0.312 e. The Bertz CT molecular complexity index is 1130. The number of rotatable bonds is 2. The molecule has 0 bridgehead atoms. The molecule has 0 radical (unpaired) electrons. The van der Waals surface area contributed by atoms with Crippen molar-refractivity contribution in [2.75, 3.05) is 0 Å². The summed E-state index contributed by atoms with van der Waals surface area (Å²) in [4.78, 5) is 36.2. The van der Waals surface area contributed by atoms with Crippen LogP contribution in [0.5, 0.6) is 5.75 Å². The molecule has 0 fully saturated rings. The third kappa shape index (κ3) is 2.28. The molecule has 7 heteroatoms. The van der Waals surface area contributed by atoms with Gasteiger partial charge in [0.15, 0.2) is 0 Å². The van der Waals surface area contributed by atoms with Crippen LogP contribution in [0.2, 0.25) is 0 Å². The van der Waals surface area contributed by atoms with Crippen molar-refractivity contribution in [3.05, 3.63) is 80.1 Å². The third-order valence-corrected chi connectivity index (χ3v) is 4.73. The normalized spacial score (nSPS) is 16.2. The molecule has 0 aliphatic carbocycles. The highest BCUT2D eigenvalue weighted by atomic mass is 16.6. The Kier molecular flexibility index (Phi) is 3.57. The second-order valence-corrected chi connectivity index (χ2v) is 6.17. The first-order chi connectivity index (χ1) is 12.5. The van der Waals surface area contributed by atoms with E-state index in [0.29, 0.717) is 16.5 Å². The van der Waals surface area contributed by atoms with E-state index in [1.54, 1.807) is 49.5 Å². The average Bonchev–Trinajstić information content (AvgIpc) is 2.65. The summed E-state index contributed by atoms with van der Waals surface area (Å²) >= 11 is 0. The number of nitrogens with zero attached hydrogens (tertiary/aromatic N) is 2. The van der Waals surface area contributed by atoms with Gasteiger partial charge in [-0.05, 0) is 12.1 Å². The molecule has 1 aliphatic heterocycles. The fraction of sp³-hybridized carbons (Fsp3) is 0.158. The number of para-hydroxylation sites is 2. The average molecular weight is 350 g/mol. The van der Waals surface area contributed by atoms with Crippen LogP contribution in [0.25, 0.3) is 10.9 Å². The first-order valence-electron chi connectivity index (χ1n) is 8.04. The third-order valence-electron chi connectivity index (χ3n) is 4.73. The van der Waals surface area contributed by atoms with Crippen LogP contribution in [-0.4, -0.2) is 15.5 Å². The maximum atomic E-state index is 13.0. The molecule has 0 saturated heterocycles. The van der Waals surface area contributed by atoms with Crippen molar-refractivity contribution < 1.29 is 14.5 Å².